The molecule has 1 N–H and O–H groups in total. The molecule has 24 heavy (non-hydrogen) atoms. The third-order valence-electron chi connectivity index (χ3n) is 3.51. The molecule has 0 aliphatic heterocycles. The highest BCUT2D eigenvalue weighted by molar-refractivity contribution is 7.99. The zero-order valence-corrected chi connectivity index (χ0v) is 14.2. The zero-order chi connectivity index (χ0) is 16.8. The minimum absolute atomic E-state index is 0.0539. The molecule has 0 bridgehead atoms. The summed E-state index contributed by atoms with van der Waals surface area (Å²) < 4.78 is 12.5. The second-order valence-corrected chi connectivity index (χ2v) is 6.11. The molecule has 0 atom stereocenters. The zero-order valence-electron chi connectivity index (χ0n) is 13.4. The Bertz CT molecular complexity index is 799. The van der Waals surface area contributed by atoms with Crippen molar-refractivity contribution in [3.8, 4) is 0 Å². The normalized spacial score (nSPS) is 11.0. The maximum absolute atomic E-state index is 12.0. The number of thioether (sulfide) groups is 1. The standard InChI is InChI=1S/C17H19N3O3S/c1-22-10-8-20-15-7-3-2-6-14(15)19-17(20)24-12-16(21)18-11-13-5-4-9-23-13/h2-7,9H,8,10-12H2,1H3,(H,18,21). The van der Waals surface area contributed by atoms with Gasteiger partial charge in [-0.1, -0.05) is 23.9 Å². The second kappa shape index (κ2) is 8.03. The molecule has 1 amide bonds. The topological polar surface area (TPSA) is 69.3 Å². The third kappa shape index (κ3) is 3.98. The lowest BCUT2D eigenvalue weighted by molar-refractivity contribution is -0.118. The van der Waals surface area contributed by atoms with E-state index in [1.165, 1.54) is 11.8 Å². The van der Waals surface area contributed by atoms with Crippen LogP contribution in [0.15, 0.2) is 52.2 Å². The predicted octanol–water partition coefficient (Wildman–Crippen LogP) is 2.68. The van der Waals surface area contributed by atoms with Gasteiger partial charge in [0.2, 0.25) is 5.91 Å². The Morgan fingerprint density at radius 2 is 2.21 bits per heavy atom. The number of aromatic nitrogens is 2. The average Bonchev–Trinajstić information content (AvgIpc) is 3.23. The lowest BCUT2D eigenvalue weighted by Crippen LogP contribution is -2.24. The molecular formula is C17H19N3O3S. The van der Waals surface area contributed by atoms with Gasteiger partial charge in [-0.05, 0) is 24.3 Å². The molecule has 0 saturated carbocycles. The minimum Gasteiger partial charge on any atom is -0.467 e. The van der Waals surface area contributed by atoms with Gasteiger partial charge in [-0.3, -0.25) is 4.79 Å². The van der Waals surface area contributed by atoms with E-state index >= 15 is 0 Å². The monoisotopic (exact) mass is 345 g/mol. The summed E-state index contributed by atoms with van der Waals surface area (Å²) in [5.74, 6) is 0.985. The molecule has 3 rings (SSSR count). The quantitative estimate of drug-likeness (QED) is 0.636. The van der Waals surface area contributed by atoms with E-state index in [0.717, 1.165) is 22.0 Å². The predicted molar refractivity (Wildman–Crippen MR) is 92.9 cm³/mol. The first-order valence-electron chi connectivity index (χ1n) is 7.64. The number of carbonyl (C=O) groups is 1. The summed E-state index contributed by atoms with van der Waals surface area (Å²) in [7, 11) is 1.67. The Morgan fingerprint density at radius 1 is 1.33 bits per heavy atom. The maximum Gasteiger partial charge on any atom is 0.230 e. The Morgan fingerprint density at radius 3 is 3.00 bits per heavy atom. The number of ether oxygens (including phenoxy) is 1. The fourth-order valence-corrected chi connectivity index (χ4v) is 3.21. The highest BCUT2D eigenvalue weighted by Gasteiger charge is 2.12. The van der Waals surface area contributed by atoms with Gasteiger partial charge in [0.15, 0.2) is 5.16 Å². The van der Waals surface area contributed by atoms with Crippen molar-refractivity contribution in [2.45, 2.75) is 18.2 Å². The van der Waals surface area contributed by atoms with Gasteiger partial charge >= 0.3 is 0 Å². The summed E-state index contributed by atoms with van der Waals surface area (Å²) in [5.41, 5.74) is 1.97. The van der Waals surface area contributed by atoms with Crippen molar-refractivity contribution in [1.29, 1.82) is 0 Å². The molecular weight excluding hydrogens is 326 g/mol. The molecule has 0 aliphatic carbocycles. The molecule has 0 aliphatic rings. The number of nitrogens with one attached hydrogen (secondary N) is 1. The van der Waals surface area contributed by atoms with Gasteiger partial charge in [0.25, 0.3) is 0 Å². The molecule has 0 unspecified atom stereocenters. The van der Waals surface area contributed by atoms with Crippen LogP contribution in [0.1, 0.15) is 5.76 Å². The van der Waals surface area contributed by atoms with Crippen molar-refractivity contribution < 1.29 is 13.9 Å². The second-order valence-electron chi connectivity index (χ2n) is 5.17. The van der Waals surface area contributed by atoms with E-state index in [1.807, 2.05) is 30.3 Å². The average molecular weight is 345 g/mol. The van der Waals surface area contributed by atoms with Crippen molar-refractivity contribution in [2.75, 3.05) is 19.5 Å². The first-order chi connectivity index (χ1) is 11.8. The van der Waals surface area contributed by atoms with E-state index in [9.17, 15) is 4.79 Å². The van der Waals surface area contributed by atoms with Crippen LogP contribution in [0.25, 0.3) is 11.0 Å². The Labute approximate surface area is 144 Å². The van der Waals surface area contributed by atoms with Crippen LogP contribution in [0.2, 0.25) is 0 Å². The number of furan rings is 1. The van der Waals surface area contributed by atoms with Crippen LogP contribution < -0.4 is 5.32 Å². The molecule has 126 valence electrons. The van der Waals surface area contributed by atoms with E-state index in [-0.39, 0.29) is 5.91 Å². The lowest BCUT2D eigenvalue weighted by Gasteiger charge is -2.08. The van der Waals surface area contributed by atoms with Crippen LogP contribution in [-0.4, -0.2) is 34.9 Å². The number of methoxy groups -OCH3 is 1. The number of fused-ring (bicyclic) bond motifs is 1. The summed E-state index contributed by atoms with van der Waals surface area (Å²) in [4.78, 5) is 16.6. The van der Waals surface area contributed by atoms with Gasteiger partial charge in [-0.25, -0.2) is 4.98 Å². The number of rotatable bonds is 8. The summed E-state index contributed by atoms with van der Waals surface area (Å²) in [6, 6.07) is 11.6. The van der Waals surface area contributed by atoms with E-state index in [4.69, 9.17) is 9.15 Å². The van der Waals surface area contributed by atoms with Crippen LogP contribution in [-0.2, 0) is 22.6 Å². The van der Waals surface area contributed by atoms with Gasteiger partial charge < -0.3 is 19.0 Å². The maximum atomic E-state index is 12.0. The molecule has 2 aromatic heterocycles. The fraction of sp³-hybridized carbons (Fsp3) is 0.294. The summed E-state index contributed by atoms with van der Waals surface area (Å²) >= 11 is 1.42. The van der Waals surface area contributed by atoms with E-state index in [2.05, 4.69) is 14.9 Å². The first kappa shape index (κ1) is 16.6. The number of amides is 1. The van der Waals surface area contributed by atoms with Crippen LogP contribution in [0.5, 0.6) is 0 Å². The summed E-state index contributed by atoms with van der Waals surface area (Å²) in [6.45, 7) is 1.69. The number of para-hydroxylation sites is 2. The number of imidazole rings is 1. The largest absolute Gasteiger partial charge is 0.467 e. The Hall–Kier alpha value is -2.25. The van der Waals surface area contributed by atoms with Gasteiger partial charge in [-0.2, -0.15) is 0 Å². The van der Waals surface area contributed by atoms with Gasteiger partial charge in [0.1, 0.15) is 5.76 Å². The van der Waals surface area contributed by atoms with Crippen LogP contribution in [0.4, 0.5) is 0 Å². The number of hydrogen-bond acceptors (Lipinski definition) is 5. The van der Waals surface area contributed by atoms with Crippen molar-refractivity contribution in [3.05, 3.63) is 48.4 Å². The van der Waals surface area contributed by atoms with Crippen LogP contribution >= 0.6 is 11.8 Å². The lowest BCUT2D eigenvalue weighted by atomic mass is 10.3. The Balaban J connectivity index is 1.64. The van der Waals surface area contributed by atoms with Crippen LogP contribution in [0.3, 0.4) is 0 Å². The van der Waals surface area contributed by atoms with Crippen LogP contribution in [0, 0.1) is 0 Å². The highest BCUT2D eigenvalue weighted by Crippen LogP contribution is 2.23. The number of hydrogen-bond donors (Lipinski definition) is 1. The van der Waals surface area contributed by atoms with Crippen molar-refractivity contribution in [1.82, 2.24) is 14.9 Å². The van der Waals surface area contributed by atoms with E-state index in [0.29, 0.717) is 25.4 Å². The van der Waals surface area contributed by atoms with Crippen molar-refractivity contribution >= 4 is 28.7 Å². The van der Waals surface area contributed by atoms with Gasteiger partial charge in [0.05, 0.1) is 36.2 Å². The molecule has 2 heterocycles. The third-order valence-corrected chi connectivity index (χ3v) is 4.49. The van der Waals surface area contributed by atoms with Crippen molar-refractivity contribution in [3.63, 3.8) is 0 Å². The number of carbonyl (C=O) groups excluding carboxylic acids is 1. The van der Waals surface area contributed by atoms with Crippen molar-refractivity contribution in [2.24, 2.45) is 0 Å². The molecule has 7 heteroatoms. The molecule has 0 fully saturated rings. The minimum atomic E-state index is -0.0539. The SMILES string of the molecule is COCCn1c(SCC(=O)NCc2ccco2)nc2ccccc21. The first-order valence-corrected chi connectivity index (χ1v) is 8.62. The van der Waals surface area contributed by atoms with E-state index in [1.54, 1.807) is 19.4 Å². The number of nitrogens with zero attached hydrogens (tertiary/aromatic N) is 2. The highest BCUT2D eigenvalue weighted by atomic mass is 32.2. The smallest absolute Gasteiger partial charge is 0.230 e. The molecule has 0 saturated heterocycles. The molecule has 6 nitrogen and oxygen atoms in total. The fourth-order valence-electron chi connectivity index (χ4n) is 2.34. The van der Waals surface area contributed by atoms with Gasteiger partial charge in [0, 0.05) is 13.7 Å². The molecule has 0 radical (unpaired) electrons. The summed E-state index contributed by atoms with van der Waals surface area (Å²) in [5, 5.41) is 3.66. The molecule has 3 aromatic rings. The van der Waals surface area contributed by atoms with E-state index < -0.39 is 0 Å². The number of benzene rings is 1. The molecule has 1 aromatic carbocycles. The van der Waals surface area contributed by atoms with Gasteiger partial charge in [-0.15, -0.1) is 0 Å². The molecule has 0 spiro atoms. The summed E-state index contributed by atoms with van der Waals surface area (Å²) in [6.07, 6.45) is 1.59. The Kier molecular flexibility index (Phi) is 5.55.